The maximum absolute atomic E-state index is 10.4. The van der Waals surface area contributed by atoms with Crippen LogP contribution in [0.1, 0.15) is 36.0 Å². The van der Waals surface area contributed by atoms with Crippen molar-refractivity contribution in [2.45, 2.75) is 26.9 Å². The van der Waals surface area contributed by atoms with Crippen LogP contribution in [0.25, 0.3) is 0 Å². The van der Waals surface area contributed by atoms with Gasteiger partial charge in [0.15, 0.2) is 11.5 Å². The second kappa shape index (κ2) is 6.77. The smallest absolute Gasteiger partial charge is 0.161 e. The molecule has 0 bridgehead atoms. The fraction of sp³-hybridized carbons (Fsp3) is 0.375. The molecule has 0 fully saturated rings. The molecule has 0 saturated heterocycles. The number of benzene rings is 1. The predicted molar refractivity (Wildman–Crippen MR) is 81.9 cm³/mol. The Bertz CT molecular complexity index is 563. The van der Waals surface area contributed by atoms with Crippen LogP contribution in [-0.2, 0) is 0 Å². The van der Waals surface area contributed by atoms with E-state index in [0.29, 0.717) is 24.7 Å². The van der Waals surface area contributed by atoms with Crippen LogP contribution in [0, 0.1) is 6.92 Å². The first kappa shape index (κ1) is 14.9. The molecule has 0 amide bonds. The minimum absolute atomic E-state index is 0.567. The summed E-state index contributed by atoms with van der Waals surface area (Å²) in [5.74, 6) is 1.39. The van der Waals surface area contributed by atoms with Crippen LogP contribution < -0.4 is 9.47 Å². The summed E-state index contributed by atoms with van der Waals surface area (Å²) in [6.07, 6.45) is -0.630. The van der Waals surface area contributed by atoms with E-state index in [9.17, 15) is 5.11 Å². The van der Waals surface area contributed by atoms with Crippen LogP contribution in [0.5, 0.6) is 11.5 Å². The van der Waals surface area contributed by atoms with E-state index in [1.807, 2.05) is 50.4 Å². The average Bonchev–Trinajstić information content (AvgIpc) is 2.87. The highest BCUT2D eigenvalue weighted by Gasteiger charge is 2.15. The Labute approximate surface area is 123 Å². The standard InChI is InChI=1S/C16H20O3S/c1-4-18-14-7-6-12(9-15(14)19-5-2)16(17)13-8-11(3)20-10-13/h6-10,16-17H,4-5H2,1-3H3. The van der Waals surface area contributed by atoms with Crippen molar-refractivity contribution in [3.05, 3.63) is 45.6 Å². The van der Waals surface area contributed by atoms with E-state index in [1.165, 1.54) is 4.88 Å². The van der Waals surface area contributed by atoms with Crippen molar-refractivity contribution in [3.63, 3.8) is 0 Å². The van der Waals surface area contributed by atoms with Gasteiger partial charge in [-0.1, -0.05) is 6.07 Å². The molecule has 2 aromatic rings. The van der Waals surface area contributed by atoms with Gasteiger partial charge in [0.25, 0.3) is 0 Å². The van der Waals surface area contributed by atoms with Crippen molar-refractivity contribution in [3.8, 4) is 11.5 Å². The highest BCUT2D eigenvalue weighted by molar-refractivity contribution is 7.10. The molecule has 0 saturated carbocycles. The minimum Gasteiger partial charge on any atom is -0.490 e. The lowest BCUT2D eigenvalue weighted by Gasteiger charge is -2.15. The maximum Gasteiger partial charge on any atom is 0.161 e. The van der Waals surface area contributed by atoms with Crippen molar-refractivity contribution >= 4 is 11.3 Å². The lowest BCUT2D eigenvalue weighted by atomic mass is 10.0. The Kier molecular flexibility index (Phi) is 5.04. The van der Waals surface area contributed by atoms with Crippen LogP contribution in [0.3, 0.4) is 0 Å². The van der Waals surface area contributed by atoms with Crippen molar-refractivity contribution in [1.82, 2.24) is 0 Å². The van der Waals surface area contributed by atoms with E-state index in [1.54, 1.807) is 11.3 Å². The van der Waals surface area contributed by atoms with E-state index >= 15 is 0 Å². The van der Waals surface area contributed by atoms with Gasteiger partial charge in [0.1, 0.15) is 6.10 Å². The molecule has 0 radical (unpaired) electrons. The molecular formula is C16H20O3S. The number of hydrogen-bond donors (Lipinski definition) is 1. The molecule has 0 spiro atoms. The van der Waals surface area contributed by atoms with Crippen LogP contribution in [0.4, 0.5) is 0 Å². The van der Waals surface area contributed by atoms with Crippen LogP contribution >= 0.6 is 11.3 Å². The van der Waals surface area contributed by atoms with E-state index in [-0.39, 0.29) is 0 Å². The van der Waals surface area contributed by atoms with E-state index in [0.717, 1.165) is 11.1 Å². The van der Waals surface area contributed by atoms with Gasteiger partial charge < -0.3 is 14.6 Å². The molecule has 1 aromatic carbocycles. The highest BCUT2D eigenvalue weighted by Crippen LogP contribution is 2.33. The third kappa shape index (κ3) is 3.32. The molecule has 0 aliphatic rings. The minimum atomic E-state index is -0.630. The van der Waals surface area contributed by atoms with Gasteiger partial charge in [-0.15, -0.1) is 11.3 Å². The summed E-state index contributed by atoms with van der Waals surface area (Å²) in [7, 11) is 0. The predicted octanol–water partition coefficient (Wildman–Crippen LogP) is 3.94. The molecule has 1 atom stereocenters. The van der Waals surface area contributed by atoms with Gasteiger partial charge in [-0.3, -0.25) is 0 Å². The van der Waals surface area contributed by atoms with Gasteiger partial charge in [-0.25, -0.2) is 0 Å². The molecule has 1 unspecified atom stereocenters. The van der Waals surface area contributed by atoms with Gasteiger partial charge >= 0.3 is 0 Å². The number of hydrogen-bond acceptors (Lipinski definition) is 4. The maximum atomic E-state index is 10.4. The van der Waals surface area contributed by atoms with E-state index in [2.05, 4.69) is 0 Å². The van der Waals surface area contributed by atoms with Gasteiger partial charge in [0.05, 0.1) is 13.2 Å². The molecule has 20 heavy (non-hydrogen) atoms. The Morgan fingerprint density at radius 3 is 2.35 bits per heavy atom. The number of aliphatic hydroxyl groups is 1. The molecule has 1 heterocycles. The molecule has 1 N–H and O–H groups in total. The SMILES string of the molecule is CCOc1ccc(C(O)c2csc(C)c2)cc1OCC. The summed E-state index contributed by atoms with van der Waals surface area (Å²) in [4.78, 5) is 1.19. The monoisotopic (exact) mass is 292 g/mol. The Morgan fingerprint density at radius 2 is 1.75 bits per heavy atom. The number of ether oxygens (including phenoxy) is 2. The lowest BCUT2D eigenvalue weighted by molar-refractivity contribution is 0.219. The Balaban J connectivity index is 2.29. The van der Waals surface area contributed by atoms with E-state index in [4.69, 9.17) is 9.47 Å². The molecule has 108 valence electrons. The fourth-order valence-corrected chi connectivity index (χ4v) is 2.76. The number of aryl methyl sites for hydroxylation is 1. The number of rotatable bonds is 6. The van der Waals surface area contributed by atoms with Crippen molar-refractivity contribution in [2.75, 3.05) is 13.2 Å². The molecule has 1 aromatic heterocycles. The van der Waals surface area contributed by atoms with Crippen LogP contribution in [0.15, 0.2) is 29.6 Å². The van der Waals surface area contributed by atoms with Gasteiger partial charge in [0, 0.05) is 4.88 Å². The van der Waals surface area contributed by atoms with Crippen molar-refractivity contribution in [1.29, 1.82) is 0 Å². The third-order valence-electron chi connectivity index (χ3n) is 2.95. The Morgan fingerprint density at radius 1 is 1.05 bits per heavy atom. The average molecular weight is 292 g/mol. The summed E-state index contributed by atoms with van der Waals surface area (Å²) >= 11 is 1.64. The summed E-state index contributed by atoms with van der Waals surface area (Å²) in [6.45, 7) is 7.06. The fourth-order valence-electron chi connectivity index (χ4n) is 2.04. The molecule has 0 aliphatic heterocycles. The molecule has 3 nitrogen and oxygen atoms in total. The summed E-state index contributed by atoms with van der Waals surface area (Å²) in [6, 6.07) is 7.59. The van der Waals surface area contributed by atoms with Gasteiger partial charge in [-0.2, -0.15) is 0 Å². The lowest BCUT2D eigenvalue weighted by Crippen LogP contribution is -2.02. The zero-order valence-corrected chi connectivity index (χ0v) is 12.9. The summed E-state index contributed by atoms with van der Waals surface area (Å²) < 4.78 is 11.1. The summed E-state index contributed by atoms with van der Waals surface area (Å²) in [5.41, 5.74) is 1.73. The quantitative estimate of drug-likeness (QED) is 0.876. The molecule has 0 aliphatic carbocycles. The normalized spacial score (nSPS) is 12.2. The van der Waals surface area contributed by atoms with Crippen molar-refractivity contribution < 1.29 is 14.6 Å². The van der Waals surface area contributed by atoms with Crippen LogP contribution in [-0.4, -0.2) is 18.3 Å². The molecular weight excluding hydrogens is 272 g/mol. The number of thiophene rings is 1. The largest absolute Gasteiger partial charge is 0.490 e. The third-order valence-corrected chi connectivity index (χ3v) is 3.83. The van der Waals surface area contributed by atoms with E-state index < -0.39 is 6.10 Å². The highest BCUT2D eigenvalue weighted by atomic mass is 32.1. The zero-order chi connectivity index (χ0) is 14.5. The van der Waals surface area contributed by atoms with Crippen LogP contribution in [0.2, 0.25) is 0 Å². The van der Waals surface area contributed by atoms with Gasteiger partial charge in [-0.05, 0) is 55.5 Å². The number of aliphatic hydroxyl groups excluding tert-OH is 1. The first-order valence-corrected chi connectivity index (χ1v) is 7.66. The zero-order valence-electron chi connectivity index (χ0n) is 12.1. The first-order valence-electron chi connectivity index (χ1n) is 6.78. The Hall–Kier alpha value is -1.52. The topological polar surface area (TPSA) is 38.7 Å². The molecule has 2 rings (SSSR count). The molecule has 4 heteroatoms. The summed E-state index contributed by atoms with van der Waals surface area (Å²) in [5, 5.41) is 12.4. The van der Waals surface area contributed by atoms with Crippen molar-refractivity contribution in [2.24, 2.45) is 0 Å². The van der Waals surface area contributed by atoms with Gasteiger partial charge in [0.2, 0.25) is 0 Å². The first-order chi connectivity index (χ1) is 9.65. The second-order valence-corrected chi connectivity index (χ2v) is 5.58. The second-order valence-electron chi connectivity index (χ2n) is 4.47.